The lowest BCUT2D eigenvalue weighted by atomic mass is 9.99. The molecule has 1 aliphatic rings. The zero-order valence-electron chi connectivity index (χ0n) is 10.2. The summed E-state index contributed by atoms with van der Waals surface area (Å²) in [4.78, 5) is 13.6. The van der Waals surface area contributed by atoms with Crippen LogP contribution in [-0.2, 0) is 9.53 Å². The molecule has 4 nitrogen and oxygen atoms in total. The average molecular weight is 229 g/mol. The number of carbonyl (C=O) groups is 1. The number of ether oxygens (including phenoxy) is 1. The first kappa shape index (κ1) is 13.5. The van der Waals surface area contributed by atoms with E-state index in [9.17, 15) is 4.79 Å². The van der Waals surface area contributed by atoms with Crippen LogP contribution in [0.4, 0.5) is 0 Å². The maximum atomic E-state index is 11.3. The Morgan fingerprint density at radius 2 is 2.25 bits per heavy atom. The lowest BCUT2D eigenvalue weighted by Gasteiger charge is -2.35. The lowest BCUT2D eigenvalue weighted by molar-refractivity contribution is -0.142. The van der Waals surface area contributed by atoms with Gasteiger partial charge in [-0.15, -0.1) is 0 Å². The maximum Gasteiger partial charge on any atom is 0.307 e. The maximum absolute atomic E-state index is 11.3. The van der Waals surface area contributed by atoms with E-state index in [0.29, 0.717) is 12.5 Å². The van der Waals surface area contributed by atoms with Crippen LogP contribution in [0.3, 0.4) is 0 Å². The van der Waals surface area contributed by atoms with Crippen molar-refractivity contribution < 1.29 is 14.6 Å². The summed E-state index contributed by atoms with van der Waals surface area (Å²) >= 11 is 0. The van der Waals surface area contributed by atoms with E-state index in [1.165, 1.54) is 20.0 Å². The molecule has 0 aromatic carbocycles. The Bertz CT molecular complexity index is 208. The molecule has 4 heteroatoms. The number of methoxy groups -OCH3 is 1. The van der Waals surface area contributed by atoms with Crippen molar-refractivity contribution >= 4 is 5.97 Å². The van der Waals surface area contributed by atoms with Gasteiger partial charge in [-0.1, -0.05) is 6.42 Å². The molecule has 1 unspecified atom stereocenters. The fraction of sp³-hybridized carbons (Fsp3) is 0.917. The van der Waals surface area contributed by atoms with Gasteiger partial charge in [0.1, 0.15) is 0 Å². The first-order chi connectivity index (χ1) is 7.77. The molecule has 0 bridgehead atoms. The summed E-state index contributed by atoms with van der Waals surface area (Å²) in [5.74, 6) is -0.112. The number of likely N-dealkylation sites (tertiary alicyclic amines) is 1. The van der Waals surface area contributed by atoms with Crippen LogP contribution in [0.2, 0.25) is 0 Å². The Labute approximate surface area is 97.6 Å². The largest absolute Gasteiger partial charge is 0.469 e. The van der Waals surface area contributed by atoms with Crippen LogP contribution in [0.25, 0.3) is 0 Å². The van der Waals surface area contributed by atoms with E-state index in [-0.39, 0.29) is 12.6 Å². The van der Waals surface area contributed by atoms with Crippen molar-refractivity contribution in [3.8, 4) is 0 Å². The Kier molecular flexibility index (Phi) is 6.42. The third-order valence-electron chi connectivity index (χ3n) is 3.23. The van der Waals surface area contributed by atoms with Gasteiger partial charge in [-0.25, -0.2) is 0 Å². The fourth-order valence-electron chi connectivity index (χ4n) is 2.29. The third kappa shape index (κ3) is 4.49. The number of hydrogen-bond acceptors (Lipinski definition) is 4. The number of piperidine rings is 1. The molecule has 1 rings (SSSR count). The summed E-state index contributed by atoms with van der Waals surface area (Å²) in [5.41, 5.74) is 0. The predicted molar refractivity (Wildman–Crippen MR) is 62.2 cm³/mol. The molecule has 0 aliphatic carbocycles. The highest BCUT2D eigenvalue weighted by Gasteiger charge is 2.24. The van der Waals surface area contributed by atoms with Gasteiger partial charge in [-0.2, -0.15) is 0 Å². The average Bonchev–Trinajstić information content (AvgIpc) is 2.31. The van der Waals surface area contributed by atoms with Gasteiger partial charge in [-0.3, -0.25) is 9.69 Å². The Balaban J connectivity index is 2.34. The van der Waals surface area contributed by atoms with Crippen LogP contribution >= 0.6 is 0 Å². The van der Waals surface area contributed by atoms with E-state index in [2.05, 4.69) is 4.90 Å². The number of aliphatic hydroxyl groups excluding tert-OH is 1. The lowest BCUT2D eigenvalue weighted by Crippen LogP contribution is -2.41. The molecule has 0 saturated carbocycles. The SMILES string of the molecule is COC(=O)CC1CCCCN1CCCCO. The van der Waals surface area contributed by atoms with Gasteiger partial charge in [0.2, 0.25) is 0 Å². The summed E-state index contributed by atoms with van der Waals surface area (Å²) in [6.45, 7) is 2.32. The smallest absolute Gasteiger partial charge is 0.307 e. The second-order valence-electron chi connectivity index (χ2n) is 4.40. The van der Waals surface area contributed by atoms with Gasteiger partial charge >= 0.3 is 5.97 Å². The van der Waals surface area contributed by atoms with E-state index < -0.39 is 0 Å². The van der Waals surface area contributed by atoms with Crippen molar-refractivity contribution in [3.05, 3.63) is 0 Å². The second-order valence-corrected chi connectivity index (χ2v) is 4.40. The summed E-state index contributed by atoms with van der Waals surface area (Å²) in [7, 11) is 1.45. The van der Waals surface area contributed by atoms with Crippen LogP contribution in [0, 0.1) is 0 Å². The number of rotatable bonds is 6. The van der Waals surface area contributed by atoms with Crippen LogP contribution in [0.15, 0.2) is 0 Å². The Morgan fingerprint density at radius 1 is 1.44 bits per heavy atom. The molecule has 0 aromatic rings. The zero-order chi connectivity index (χ0) is 11.8. The van der Waals surface area contributed by atoms with Crippen LogP contribution < -0.4 is 0 Å². The molecular weight excluding hydrogens is 206 g/mol. The molecule has 94 valence electrons. The second kappa shape index (κ2) is 7.63. The molecule has 1 aliphatic heterocycles. The predicted octanol–water partition coefficient (Wildman–Crippen LogP) is 1.18. The molecule has 0 radical (unpaired) electrons. The zero-order valence-corrected chi connectivity index (χ0v) is 10.2. The standard InChI is InChI=1S/C12H23NO3/c1-16-12(15)10-11-6-2-3-7-13(11)8-4-5-9-14/h11,14H,2-10H2,1H3. The van der Waals surface area contributed by atoms with E-state index in [1.807, 2.05) is 0 Å². The molecule has 0 spiro atoms. The molecule has 16 heavy (non-hydrogen) atoms. The Hall–Kier alpha value is -0.610. The molecule has 0 amide bonds. The minimum atomic E-state index is -0.112. The summed E-state index contributed by atoms with van der Waals surface area (Å²) in [6.07, 6.45) is 5.88. The minimum absolute atomic E-state index is 0.112. The van der Waals surface area contributed by atoms with Gasteiger partial charge in [0.15, 0.2) is 0 Å². The van der Waals surface area contributed by atoms with Crippen molar-refractivity contribution in [2.45, 2.75) is 44.6 Å². The molecular formula is C12H23NO3. The number of nitrogens with zero attached hydrogens (tertiary/aromatic N) is 1. The normalized spacial score (nSPS) is 22.0. The molecule has 1 atom stereocenters. The summed E-state index contributed by atoms with van der Waals surface area (Å²) in [6, 6.07) is 0.347. The molecule has 1 N–H and O–H groups in total. The summed E-state index contributed by atoms with van der Waals surface area (Å²) < 4.78 is 4.72. The van der Waals surface area contributed by atoms with E-state index >= 15 is 0 Å². The van der Waals surface area contributed by atoms with E-state index in [1.54, 1.807) is 0 Å². The third-order valence-corrected chi connectivity index (χ3v) is 3.23. The van der Waals surface area contributed by atoms with Crippen molar-refractivity contribution in [1.82, 2.24) is 4.90 Å². The van der Waals surface area contributed by atoms with E-state index in [4.69, 9.17) is 9.84 Å². The monoisotopic (exact) mass is 229 g/mol. The number of esters is 1. The highest BCUT2D eigenvalue weighted by atomic mass is 16.5. The number of hydrogen-bond donors (Lipinski definition) is 1. The van der Waals surface area contributed by atoms with Crippen molar-refractivity contribution in [3.63, 3.8) is 0 Å². The number of carbonyl (C=O) groups excluding carboxylic acids is 1. The van der Waals surface area contributed by atoms with Gasteiger partial charge < -0.3 is 9.84 Å². The highest BCUT2D eigenvalue weighted by molar-refractivity contribution is 5.69. The van der Waals surface area contributed by atoms with Gasteiger partial charge in [-0.05, 0) is 38.8 Å². The van der Waals surface area contributed by atoms with Gasteiger partial charge in [0.05, 0.1) is 13.5 Å². The first-order valence-electron chi connectivity index (χ1n) is 6.19. The Morgan fingerprint density at radius 3 is 2.94 bits per heavy atom. The molecule has 1 fully saturated rings. The van der Waals surface area contributed by atoms with Crippen LogP contribution in [0.5, 0.6) is 0 Å². The van der Waals surface area contributed by atoms with Gasteiger partial charge in [0.25, 0.3) is 0 Å². The molecule has 0 aromatic heterocycles. The number of aliphatic hydroxyl groups is 1. The molecule has 1 saturated heterocycles. The van der Waals surface area contributed by atoms with Gasteiger partial charge in [0, 0.05) is 12.6 Å². The minimum Gasteiger partial charge on any atom is -0.469 e. The highest BCUT2D eigenvalue weighted by Crippen LogP contribution is 2.20. The molecule has 1 heterocycles. The van der Waals surface area contributed by atoms with E-state index in [0.717, 1.165) is 32.4 Å². The summed E-state index contributed by atoms with van der Waals surface area (Å²) in [5, 5.41) is 8.75. The fourth-order valence-corrected chi connectivity index (χ4v) is 2.29. The van der Waals surface area contributed by atoms with Crippen molar-refractivity contribution in [1.29, 1.82) is 0 Å². The number of unbranched alkanes of at least 4 members (excludes halogenated alkanes) is 1. The first-order valence-corrected chi connectivity index (χ1v) is 6.19. The van der Waals surface area contributed by atoms with Crippen molar-refractivity contribution in [2.75, 3.05) is 26.8 Å². The van der Waals surface area contributed by atoms with Crippen LogP contribution in [-0.4, -0.2) is 48.8 Å². The van der Waals surface area contributed by atoms with Crippen LogP contribution in [0.1, 0.15) is 38.5 Å². The van der Waals surface area contributed by atoms with Crippen molar-refractivity contribution in [2.24, 2.45) is 0 Å². The quantitative estimate of drug-likeness (QED) is 0.549. The topological polar surface area (TPSA) is 49.8 Å².